The number of hydrogen-bond donors (Lipinski definition) is 1. The fraction of sp³-hybridized carbons (Fsp3) is 0.257. The van der Waals surface area contributed by atoms with Crippen molar-refractivity contribution in [2.45, 2.75) is 56.4 Å². The molecule has 0 saturated carbocycles. The molecule has 0 spiro atoms. The summed E-state index contributed by atoms with van der Waals surface area (Å²) in [6.45, 7) is 2.25. The van der Waals surface area contributed by atoms with Crippen LogP contribution in [-0.4, -0.2) is 43.8 Å². The first-order chi connectivity index (χ1) is 22.3. The number of rotatable bonds is 13. The lowest BCUT2D eigenvalue weighted by Crippen LogP contribution is -2.54. The van der Waals surface area contributed by atoms with E-state index in [0.29, 0.717) is 22.4 Å². The molecule has 0 aliphatic rings. The molecule has 4 rings (SSSR count). The van der Waals surface area contributed by atoms with Gasteiger partial charge in [0.15, 0.2) is 0 Å². The molecule has 4 aromatic carbocycles. The van der Waals surface area contributed by atoms with Crippen molar-refractivity contribution >= 4 is 27.5 Å². The van der Waals surface area contributed by atoms with E-state index < -0.39 is 64.2 Å². The highest BCUT2D eigenvalue weighted by atomic mass is 32.2. The maximum atomic E-state index is 15.0. The molecule has 0 aliphatic heterocycles. The molecule has 0 fully saturated rings. The van der Waals surface area contributed by atoms with Crippen LogP contribution in [0.25, 0.3) is 0 Å². The van der Waals surface area contributed by atoms with Crippen LogP contribution in [-0.2, 0) is 38.8 Å². The van der Waals surface area contributed by atoms with Crippen LogP contribution >= 0.6 is 0 Å². The van der Waals surface area contributed by atoms with Crippen LogP contribution in [0.15, 0.2) is 114 Å². The van der Waals surface area contributed by atoms with E-state index >= 15 is 4.39 Å². The third-order valence-corrected chi connectivity index (χ3v) is 9.43. The Morgan fingerprint density at radius 1 is 0.851 bits per heavy atom. The summed E-state index contributed by atoms with van der Waals surface area (Å²) in [6, 6.07) is 23.5. The topological polar surface area (TPSA) is 86.8 Å². The highest BCUT2D eigenvalue weighted by Gasteiger charge is 2.37. The number of benzene rings is 4. The number of nitrogens with zero attached hydrogens (tertiary/aromatic N) is 2. The largest absolute Gasteiger partial charge is 0.416 e. The van der Waals surface area contributed by atoms with Crippen LogP contribution in [0.1, 0.15) is 37.0 Å². The summed E-state index contributed by atoms with van der Waals surface area (Å²) in [5.74, 6) is -2.13. The van der Waals surface area contributed by atoms with E-state index in [0.717, 1.165) is 23.1 Å². The van der Waals surface area contributed by atoms with Crippen molar-refractivity contribution < 1.29 is 35.6 Å². The van der Waals surface area contributed by atoms with E-state index in [4.69, 9.17) is 0 Å². The van der Waals surface area contributed by atoms with Crippen molar-refractivity contribution in [2.24, 2.45) is 0 Å². The molecule has 2 amide bonds. The molecule has 0 aliphatic carbocycles. The number of anilines is 1. The number of carbonyl (C=O) groups excluding carboxylic acids is 2. The highest BCUT2D eigenvalue weighted by molar-refractivity contribution is 7.92. The van der Waals surface area contributed by atoms with Gasteiger partial charge in [-0.15, -0.1) is 0 Å². The lowest BCUT2D eigenvalue weighted by Gasteiger charge is -2.34. The second kappa shape index (κ2) is 15.3. The van der Waals surface area contributed by atoms with Crippen molar-refractivity contribution in [3.05, 3.63) is 132 Å². The van der Waals surface area contributed by atoms with Crippen LogP contribution in [0.4, 0.5) is 23.2 Å². The summed E-state index contributed by atoms with van der Waals surface area (Å²) in [7, 11) is -4.61. The number of nitrogens with one attached hydrogen (secondary N) is 1. The van der Waals surface area contributed by atoms with Crippen LogP contribution < -0.4 is 9.62 Å². The van der Waals surface area contributed by atoms with Crippen molar-refractivity contribution in [1.82, 2.24) is 10.2 Å². The molecule has 4 aromatic rings. The van der Waals surface area contributed by atoms with Gasteiger partial charge in [-0.3, -0.25) is 13.9 Å². The standard InChI is InChI=1S/C35H35F4N3O4S/c1-3-25(2)40-34(44)32(21-26-13-6-4-7-14-26)41(23-27-15-10-11-20-31(27)36)33(43)24-42(47(45,46)30-18-8-5-9-19-30)29-17-12-16-28(22-29)35(37,38)39/h4-20,22,25,32H,3,21,23-24H2,1-2H3,(H,40,44)/t25-,32+/m1/s1. The van der Waals surface area contributed by atoms with Crippen molar-refractivity contribution in [3.8, 4) is 0 Å². The molecule has 0 unspecified atom stereocenters. The summed E-state index contributed by atoms with van der Waals surface area (Å²) in [6.07, 6.45) is -4.23. The maximum Gasteiger partial charge on any atom is 0.416 e. The molecular weight excluding hydrogens is 634 g/mol. The Kier molecular flexibility index (Phi) is 11.4. The van der Waals surface area contributed by atoms with Gasteiger partial charge in [-0.25, -0.2) is 12.8 Å². The second-order valence-electron chi connectivity index (χ2n) is 11.0. The summed E-state index contributed by atoms with van der Waals surface area (Å²) < 4.78 is 84.8. The summed E-state index contributed by atoms with van der Waals surface area (Å²) >= 11 is 0. The zero-order valence-corrected chi connectivity index (χ0v) is 26.6. The summed E-state index contributed by atoms with van der Waals surface area (Å²) in [5.41, 5.74) is -0.790. The molecule has 7 nitrogen and oxygen atoms in total. The Balaban J connectivity index is 1.85. The van der Waals surface area contributed by atoms with E-state index in [-0.39, 0.29) is 22.9 Å². The van der Waals surface area contributed by atoms with Gasteiger partial charge in [-0.2, -0.15) is 13.2 Å². The van der Waals surface area contributed by atoms with Gasteiger partial charge in [0.2, 0.25) is 11.8 Å². The smallest absolute Gasteiger partial charge is 0.352 e. The van der Waals surface area contributed by atoms with Gasteiger partial charge in [0.05, 0.1) is 16.1 Å². The predicted octanol–water partition coefficient (Wildman–Crippen LogP) is 6.59. The highest BCUT2D eigenvalue weighted by Crippen LogP contribution is 2.33. The number of alkyl halides is 3. The first-order valence-corrected chi connectivity index (χ1v) is 16.4. The number of amides is 2. The minimum absolute atomic E-state index is 0.00169. The second-order valence-corrected chi connectivity index (χ2v) is 12.9. The minimum atomic E-state index is -4.80. The lowest BCUT2D eigenvalue weighted by molar-refractivity contribution is -0.140. The van der Waals surface area contributed by atoms with Crippen LogP contribution in [0.2, 0.25) is 0 Å². The summed E-state index contributed by atoms with van der Waals surface area (Å²) in [5, 5.41) is 2.87. The number of halogens is 4. The molecule has 12 heteroatoms. The first-order valence-electron chi connectivity index (χ1n) is 14.9. The predicted molar refractivity (Wildman–Crippen MR) is 171 cm³/mol. The monoisotopic (exact) mass is 669 g/mol. The Morgan fingerprint density at radius 2 is 1.47 bits per heavy atom. The molecule has 0 saturated heterocycles. The normalized spacial score (nSPS) is 13.0. The molecular formula is C35H35F4N3O4S. The average Bonchev–Trinajstić information content (AvgIpc) is 3.06. The third-order valence-electron chi connectivity index (χ3n) is 7.64. The Hall–Kier alpha value is -4.71. The van der Waals surface area contributed by atoms with Gasteiger partial charge >= 0.3 is 6.18 Å². The van der Waals surface area contributed by atoms with E-state index in [1.165, 1.54) is 42.5 Å². The quantitative estimate of drug-likeness (QED) is 0.163. The maximum absolute atomic E-state index is 15.0. The van der Waals surface area contributed by atoms with E-state index in [2.05, 4.69) is 5.32 Å². The Labute approximate surface area is 271 Å². The molecule has 47 heavy (non-hydrogen) atoms. The van der Waals surface area contributed by atoms with Gasteiger partial charge in [-0.05, 0) is 55.3 Å². The molecule has 2 atom stereocenters. The van der Waals surface area contributed by atoms with Gasteiger partial charge < -0.3 is 10.2 Å². The van der Waals surface area contributed by atoms with Crippen molar-refractivity contribution in [1.29, 1.82) is 0 Å². The van der Waals surface area contributed by atoms with E-state index in [1.54, 1.807) is 49.4 Å². The lowest BCUT2D eigenvalue weighted by atomic mass is 10.0. The zero-order chi connectivity index (χ0) is 34.2. The van der Waals surface area contributed by atoms with E-state index in [1.807, 2.05) is 6.92 Å². The Morgan fingerprint density at radius 3 is 2.09 bits per heavy atom. The number of hydrogen-bond acceptors (Lipinski definition) is 4. The van der Waals surface area contributed by atoms with Crippen LogP contribution in [0, 0.1) is 5.82 Å². The van der Waals surface area contributed by atoms with E-state index in [9.17, 15) is 31.2 Å². The fourth-order valence-corrected chi connectivity index (χ4v) is 6.32. The van der Waals surface area contributed by atoms with Crippen molar-refractivity contribution in [2.75, 3.05) is 10.8 Å². The van der Waals surface area contributed by atoms with Crippen LogP contribution in [0.5, 0.6) is 0 Å². The van der Waals surface area contributed by atoms with Gasteiger partial charge in [0, 0.05) is 24.6 Å². The third kappa shape index (κ3) is 8.97. The minimum Gasteiger partial charge on any atom is -0.352 e. The SMILES string of the molecule is CC[C@@H](C)NC(=O)[C@H](Cc1ccccc1)N(Cc1ccccc1F)C(=O)CN(c1cccc(C(F)(F)F)c1)S(=O)(=O)c1ccccc1. The summed E-state index contributed by atoms with van der Waals surface area (Å²) in [4.78, 5) is 29.0. The zero-order valence-electron chi connectivity index (χ0n) is 25.8. The molecule has 1 N–H and O–H groups in total. The van der Waals surface area contributed by atoms with Gasteiger partial charge in [-0.1, -0.05) is 79.7 Å². The molecule has 0 bridgehead atoms. The molecule has 0 aromatic heterocycles. The van der Waals surface area contributed by atoms with Crippen LogP contribution in [0.3, 0.4) is 0 Å². The molecule has 248 valence electrons. The van der Waals surface area contributed by atoms with Gasteiger partial charge in [0.25, 0.3) is 10.0 Å². The molecule has 0 heterocycles. The Bertz CT molecular complexity index is 1770. The van der Waals surface area contributed by atoms with Gasteiger partial charge in [0.1, 0.15) is 18.4 Å². The van der Waals surface area contributed by atoms with Crippen molar-refractivity contribution in [3.63, 3.8) is 0 Å². The molecule has 0 radical (unpaired) electrons. The first kappa shape index (κ1) is 35.1. The number of carbonyl (C=O) groups is 2. The fourth-order valence-electron chi connectivity index (χ4n) is 4.89. The number of sulfonamides is 1. The average molecular weight is 670 g/mol.